The Hall–Kier alpha value is -5.02. The predicted octanol–water partition coefficient (Wildman–Crippen LogP) is 7.51. The summed E-state index contributed by atoms with van der Waals surface area (Å²) in [6.45, 7) is 14.9. The van der Waals surface area contributed by atoms with Crippen molar-refractivity contribution in [1.82, 2.24) is 20.1 Å². The SMILES string of the molecule is Cc1ccc(S(=O)(=O)OCCOc2ccc(CCc3cncc([C@H](CC(=O)OC(C)(C)C)NC(=O)[C@@H]4CCCN(C(=O)CCC5CCN(C(=O)OC(C)(C)C)CC5)C4)c3)cc2)cc1. The molecule has 2 saturated heterocycles. The van der Waals surface area contributed by atoms with Crippen LogP contribution >= 0.6 is 0 Å². The number of amides is 3. The smallest absolute Gasteiger partial charge is 0.410 e. The molecule has 0 aliphatic carbocycles. The summed E-state index contributed by atoms with van der Waals surface area (Å²) in [6, 6.07) is 15.3. The van der Waals surface area contributed by atoms with E-state index in [0.717, 1.165) is 36.0 Å². The number of nitrogens with one attached hydrogen (secondary N) is 1. The van der Waals surface area contributed by atoms with Crippen molar-refractivity contribution in [3.8, 4) is 5.75 Å². The highest BCUT2D eigenvalue weighted by atomic mass is 32.2. The molecule has 14 nitrogen and oxygen atoms in total. The first-order valence-electron chi connectivity index (χ1n) is 22.1. The Morgan fingerprint density at radius 3 is 2.14 bits per heavy atom. The second-order valence-corrected chi connectivity index (χ2v) is 20.3. The quantitative estimate of drug-likeness (QED) is 0.0808. The Morgan fingerprint density at radius 1 is 0.810 bits per heavy atom. The third kappa shape index (κ3) is 16.2. The first-order chi connectivity index (χ1) is 29.7. The van der Waals surface area contributed by atoms with Crippen LogP contribution < -0.4 is 10.1 Å². The Morgan fingerprint density at radius 2 is 1.48 bits per heavy atom. The number of aryl methyl sites for hydroxylation is 3. The van der Waals surface area contributed by atoms with Crippen LogP contribution in [0.3, 0.4) is 0 Å². The summed E-state index contributed by atoms with van der Waals surface area (Å²) >= 11 is 0. The maximum atomic E-state index is 13.9. The molecule has 0 radical (unpaired) electrons. The van der Waals surface area contributed by atoms with Gasteiger partial charge in [-0.3, -0.25) is 23.6 Å². The Kier molecular flexibility index (Phi) is 17.2. The molecule has 5 rings (SSSR count). The number of aromatic nitrogens is 1. The van der Waals surface area contributed by atoms with Crippen LogP contribution in [-0.4, -0.2) is 97.7 Å². The van der Waals surface area contributed by atoms with Gasteiger partial charge < -0.3 is 29.3 Å². The molecule has 2 fully saturated rings. The highest BCUT2D eigenvalue weighted by molar-refractivity contribution is 7.86. The van der Waals surface area contributed by atoms with E-state index in [0.29, 0.717) is 75.5 Å². The van der Waals surface area contributed by atoms with Gasteiger partial charge in [-0.1, -0.05) is 35.9 Å². The number of likely N-dealkylation sites (tertiary alicyclic amines) is 2. The van der Waals surface area contributed by atoms with Crippen molar-refractivity contribution < 1.29 is 46.0 Å². The van der Waals surface area contributed by atoms with E-state index in [1.54, 1.807) is 55.1 Å². The van der Waals surface area contributed by atoms with Gasteiger partial charge in [0.1, 0.15) is 30.2 Å². The van der Waals surface area contributed by atoms with Gasteiger partial charge in [-0.2, -0.15) is 8.42 Å². The molecule has 63 heavy (non-hydrogen) atoms. The molecular formula is C48H66N4O10S. The minimum Gasteiger partial charge on any atom is -0.491 e. The van der Waals surface area contributed by atoms with Crippen LogP contribution in [0.1, 0.15) is 115 Å². The second kappa shape index (κ2) is 22.1. The summed E-state index contributed by atoms with van der Waals surface area (Å²) in [7, 11) is -3.87. The maximum absolute atomic E-state index is 13.9. The number of benzene rings is 2. The van der Waals surface area contributed by atoms with Crippen molar-refractivity contribution in [3.05, 3.63) is 89.2 Å². The van der Waals surface area contributed by atoms with Crippen LogP contribution in [0.4, 0.5) is 4.79 Å². The van der Waals surface area contributed by atoms with Crippen molar-refractivity contribution in [2.75, 3.05) is 39.4 Å². The lowest BCUT2D eigenvalue weighted by Gasteiger charge is -2.35. The van der Waals surface area contributed by atoms with Crippen molar-refractivity contribution in [3.63, 3.8) is 0 Å². The van der Waals surface area contributed by atoms with E-state index in [9.17, 15) is 27.6 Å². The summed E-state index contributed by atoms with van der Waals surface area (Å²) in [5.41, 5.74) is 2.36. The van der Waals surface area contributed by atoms with E-state index in [1.807, 2.05) is 58.0 Å². The molecule has 0 spiro atoms. The first-order valence-corrected chi connectivity index (χ1v) is 23.5. The molecule has 2 atom stereocenters. The third-order valence-electron chi connectivity index (χ3n) is 11.0. The first kappa shape index (κ1) is 49.0. The number of hydrogen-bond acceptors (Lipinski definition) is 11. The number of piperidine rings is 2. The van der Waals surface area contributed by atoms with Crippen LogP contribution in [0, 0.1) is 18.8 Å². The normalized spacial score (nSPS) is 16.8. The molecule has 1 aromatic heterocycles. The van der Waals surface area contributed by atoms with Crippen molar-refractivity contribution in [2.45, 2.75) is 128 Å². The number of carbonyl (C=O) groups excluding carboxylic acids is 4. The number of esters is 1. The van der Waals surface area contributed by atoms with Crippen LogP contribution in [-0.2, 0) is 51.0 Å². The highest BCUT2D eigenvalue weighted by Crippen LogP contribution is 2.27. The lowest BCUT2D eigenvalue weighted by Crippen LogP contribution is -2.46. The standard InChI is InChI=1S/C48H66N4O10S/c1-34-10-19-41(20-11-34)63(57,58)60-28-27-59-40-17-14-35(15-18-40)12-13-37-29-39(32-49-31-37)42(30-44(54)61-47(2,3)4)50-45(55)38-9-8-24-52(33-38)43(53)21-16-36-22-25-51(26-23-36)46(56)62-48(5,6)7/h10-11,14-15,17-20,29,31-32,36,38,42H,8-9,12-13,16,21-28,30,33H2,1-7H3,(H,50,55)/t38-,42+/m1/s1. The van der Waals surface area contributed by atoms with Gasteiger partial charge >= 0.3 is 12.1 Å². The molecule has 0 unspecified atom stereocenters. The minimum atomic E-state index is -3.87. The van der Waals surface area contributed by atoms with Gasteiger partial charge in [-0.25, -0.2) is 4.79 Å². The summed E-state index contributed by atoms with van der Waals surface area (Å²) in [4.78, 5) is 61.1. The molecule has 2 aromatic carbocycles. The van der Waals surface area contributed by atoms with Gasteiger partial charge in [0, 0.05) is 45.0 Å². The maximum Gasteiger partial charge on any atom is 0.410 e. The summed E-state index contributed by atoms with van der Waals surface area (Å²) in [5.74, 6) is -0.141. The van der Waals surface area contributed by atoms with Crippen LogP contribution in [0.5, 0.6) is 5.75 Å². The number of carbonyl (C=O) groups is 4. The van der Waals surface area contributed by atoms with Crippen LogP contribution in [0.25, 0.3) is 0 Å². The lowest BCUT2D eigenvalue weighted by molar-refractivity contribution is -0.155. The van der Waals surface area contributed by atoms with Crippen LogP contribution in [0.15, 0.2) is 71.9 Å². The fraction of sp³-hybridized carbons (Fsp3) is 0.562. The van der Waals surface area contributed by atoms with Gasteiger partial charge in [0.15, 0.2) is 0 Å². The van der Waals surface area contributed by atoms with Gasteiger partial charge in [-0.05, 0) is 140 Å². The van der Waals surface area contributed by atoms with Gasteiger partial charge in [-0.15, -0.1) is 0 Å². The zero-order valence-corrected chi connectivity index (χ0v) is 38.8. The van der Waals surface area contributed by atoms with E-state index in [4.69, 9.17) is 18.4 Å². The number of pyridine rings is 1. The Balaban J connectivity index is 1.12. The molecule has 0 saturated carbocycles. The zero-order chi connectivity index (χ0) is 45.8. The van der Waals surface area contributed by atoms with E-state index < -0.39 is 39.2 Å². The minimum absolute atomic E-state index is 0.0308. The summed E-state index contributed by atoms with van der Waals surface area (Å²) in [6.07, 6.45) is 8.47. The topological polar surface area (TPSA) is 171 Å². The van der Waals surface area contributed by atoms with E-state index in [2.05, 4.69) is 10.3 Å². The molecule has 15 heteroatoms. The molecule has 344 valence electrons. The van der Waals surface area contributed by atoms with Gasteiger partial charge in [0.2, 0.25) is 11.8 Å². The fourth-order valence-corrected chi connectivity index (χ4v) is 8.57. The second-order valence-electron chi connectivity index (χ2n) is 18.7. The van der Waals surface area contributed by atoms with E-state index in [-0.39, 0.29) is 42.4 Å². The third-order valence-corrected chi connectivity index (χ3v) is 12.4. The average Bonchev–Trinajstić information content (AvgIpc) is 3.23. The largest absolute Gasteiger partial charge is 0.491 e. The molecule has 2 aliphatic heterocycles. The molecule has 3 aromatic rings. The predicted molar refractivity (Wildman–Crippen MR) is 238 cm³/mol. The van der Waals surface area contributed by atoms with E-state index >= 15 is 0 Å². The summed E-state index contributed by atoms with van der Waals surface area (Å²) < 4.78 is 46.9. The Bertz CT molecular complexity index is 2110. The summed E-state index contributed by atoms with van der Waals surface area (Å²) in [5, 5.41) is 3.12. The number of rotatable bonds is 17. The Labute approximate surface area is 373 Å². The van der Waals surface area contributed by atoms with Crippen molar-refractivity contribution in [2.24, 2.45) is 11.8 Å². The lowest BCUT2D eigenvalue weighted by atomic mass is 9.91. The molecule has 3 amide bonds. The molecule has 1 N–H and O–H groups in total. The van der Waals surface area contributed by atoms with Crippen LogP contribution in [0.2, 0.25) is 0 Å². The number of nitrogens with zero attached hydrogens (tertiary/aromatic N) is 3. The van der Waals surface area contributed by atoms with E-state index in [1.165, 1.54) is 12.1 Å². The monoisotopic (exact) mass is 890 g/mol. The van der Waals surface area contributed by atoms with Gasteiger partial charge in [0.25, 0.3) is 10.1 Å². The van der Waals surface area contributed by atoms with Gasteiger partial charge in [0.05, 0.1) is 23.3 Å². The van der Waals surface area contributed by atoms with Crippen molar-refractivity contribution in [1.29, 1.82) is 0 Å². The molecule has 0 bridgehead atoms. The fourth-order valence-electron chi connectivity index (χ4n) is 7.68. The zero-order valence-electron chi connectivity index (χ0n) is 38.0. The van der Waals surface area contributed by atoms with Crippen molar-refractivity contribution >= 4 is 34.0 Å². The molecule has 2 aliphatic rings. The average molecular weight is 891 g/mol. The highest BCUT2D eigenvalue weighted by Gasteiger charge is 2.32. The molecule has 3 heterocycles. The number of ether oxygens (including phenoxy) is 3. The number of hydrogen-bond donors (Lipinski definition) is 1. The molecular weight excluding hydrogens is 825 g/mol.